The molecule has 1 aliphatic rings. The van der Waals surface area contributed by atoms with E-state index in [9.17, 15) is 22.0 Å². The molecule has 4 nitrogen and oxygen atoms in total. The number of aromatic nitrogens is 2. The van der Waals surface area contributed by atoms with Crippen molar-refractivity contribution in [2.24, 2.45) is 0 Å². The second kappa shape index (κ2) is 7.75. The molecule has 9 heteroatoms. The summed E-state index contributed by atoms with van der Waals surface area (Å²) in [5, 5.41) is 0. The van der Waals surface area contributed by atoms with Gasteiger partial charge in [-0.15, -0.1) is 0 Å². The molecule has 0 N–H and O–H groups in total. The lowest BCUT2D eigenvalue weighted by Gasteiger charge is -2.37. The first-order valence-corrected chi connectivity index (χ1v) is 8.53. The zero-order valence-corrected chi connectivity index (χ0v) is 14.7. The number of rotatable bonds is 4. The van der Waals surface area contributed by atoms with Crippen molar-refractivity contribution in [1.82, 2.24) is 14.9 Å². The molecule has 0 saturated carbocycles. The number of hydrogen-bond acceptors (Lipinski definition) is 4. The highest BCUT2D eigenvalue weighted by Crippen LogP contribution is 2.29. The number of halogens is 5. The normalized spacial score (nSPS) is 18.5. The van der Waals surface area contributed by atoms with E-state index in [1.165, 1.54) is 12.1 Å². The molecule has 1 fully saturated rings. The van der Waals surface area contributed by atoms with Gasteiger partial charge in [-0.2, -0.15) is 13.2 Å². The molecule has 146 valence electrons. The smallest absolute Gasteiger partial charge is 0.340 e. The second-order valence-corrected chi connectivity index (χ2v) is 6.66. The minimum absolute atomic E-state index is 0.00785. The van der Waals surface area contributed by atoms with Crippen LogP contribution in [0.4, 0.5) is 27.9 Å². The van der Waals surface area contributed by atoms with E-state index in [-0.39, 0.29) is 12.0 Å². The van der Waals surface area contributed by atoms with Crippen LogP contribution in [0.3, 0.4) is 0 Å². The van der Waals surface area contributed by atoms with Crippen LogP contribution >= 0.6 is 0 Å². The number of anilines is 1. The summed E-state index contributed by atoms with van der Waals surface area (Å²) in [4.78, 5) is 11.2. The summed E-state index contributed by atoms with van der Waals surface area (Å²) in [5.74, 6) is -1.26. The fourth-order valence-corrected chi connectivity index (χ4v) is 3.29. The SMILES string of the molecule is CN(c1nccc(C(F)(F)F)n1)C1CCCN(Cc2cc(F)cc(F)c2)C1. The van der Waals surface area contributed by atoms with Crippen molar-refractivity contribution in [1.29, 1.82) is 0 Å². The number of benzene rings is 1. The summed E-state index contributed by atoms with van der Waals surface area (Å²) in [6.45, 7) is 1.64. The van der Waals surface area contributed by atoms with E-state index < -0.39 is 23.5 Å². The molecule has 0 bridgehead atoms. The van der Waals surface area contributed by atoms with Gasteiger partial charge in [0.1, 0.15) is 17.3 Å². The quantitative estimate of drug-likeness (QED) is 0.747. The standard InChI is InChI=1S/C18H19F5N4/c1-26(17-24-5-4-16(25-17)18(21,22)23)15-3-2-6-27(11-15)10-12-7-13(19)9-14(20)8-12/h4-5,7-9,15H,2-3,6,10-11H2,1H3. The van der Waals surface area contributed by atoms with Gasteiger partial charge in [-0.1, -0.05) is 0 Å². The maximum atomic E-state index is 13.4. The highest BCUT2D eigenvalue weighted by atomic mass is 19.4. The molecule has 1 atom stereocenters. The van der Waals surface area contributed by atoms with Gasteiger partial charge in [0.15, 0.2) is 0 Å². The van der Waals surface area contributed by atoms with Crippen LogP contribution in [0, 0.1) is 11.6 Å². The van der Waals surface area contributed by atoms with Crippen LogP contribution in [0.15, 0.2) is 30.5 Å². The number of hydrogen-bond donors (Lipinski definition) is 0. The van der Waals surface area contributed by atoms with Crippen molar-refractivity contribution < 1.29 is 22.0 Å². The van der Waals surface area contributed by atoms with Crippen LogP contribution in [0.5, 0.6) is 0 Å². The summed E-state index contributed by atoms with van der Waals surface area (Å²) < 4.78 is 65.3. The number of piperidine rings is 1. The second-order valence-electron chi connectivity index (χ2n) is 6.66. The lowest BCUT2D eigenvalue weighted by molar-refractivity contribution is -0.141. The van der Waals surface area contributed by atoms with Crippen molar-refractivity contribution in [2.75, 3.05) is 25.0 Å². The Kier molecular flexibility index (Phi) is 5.59. The Morgan fingerprint density at radius 3 is 2.56 bits per heavy atom. The molecule has 2 heterocycles. The first kappa shape index (κ1) is 19.5. The van der Waals surface area contributed by atoms with Gasteiger partial charge < -0.3 is 4.90 Å². The summed E-state index contributed by atoms with van der Waals surface area (Å²) >= 11 is 0. The van der Waals surface area contributed by atoms with Gasteiger partial charge in [0.05, 0.1) is 0 Å². The first-order valence-electron chi connectivity index (χ1n) is 8.53. The molecule has 1 aliphatic heterocycles. The highest BCUT2D eigenvalue weighted by Gasteiger charge is 2.34. The van der Waals surface area contributed by atoms with E-state index in [4.69, 9.17) is 0 Å². The summed E-state index contributed by atoms with van der Waals surface area (Å²) in [6.07, 6.45) is -1.85. The average Bonchev–Trinajstić information content (AvgIpc) is 2.60. The van der Waals surface area contributed by atoms with Gasteiger partial charge >= 0.3 is 6.18 Å². The van der Waals surface area contributed by atoms with Crippen molar-refractivity contribution in [3.63, 3.8) is 0 Å². The molecular weight excluding hydrogens is 367 g/mol. The molecule has 0 radical (unpaired) electrons. The van der Waals surface area contributed by atoms with E-state index in [1.807, 2.05) is 4.90 Å². The van der Waals surface area contributed by atoms with Gasteiger partial charge in [-0.25, -0.2) is 18.7 Å². The van der Waals surface area contributed by atoms with E-state index in [0.717, 1.165) is 37.7 Å². The zero-order chi connectivity index (χ0) is 19.6. The monoisotopic (exact) mass is 386 g/mol. The fraction of sp³-hybridized carbons (Fsp3) is 0.444. The van der Waals surface area contributed by atoms with Crippen molar-refractivity contribution in [2.45, 2.75) is 31.6 Å². The molecule has 0 aliphatic carbocycles. The van der Waals surface area contributed by atoms with Crippen LogP contribution in [-0.4, -0.2) is 41.0 Å². The predicted molar refractivity (Wildman–Crippen MR) is 90.1 cm³/mol. The first-order chi connectivity index (χ1) is 12.7. The highest BCUT2D eigenvalue weighted by molar-refractivity contribution is 5.32. The molecule has 2 aromatic rings. The lowest BCUT2D eigenvalue weighted by atomic mass is 10.0. The van der Waals surface area contributed by atoms with Crippen LogP contribution in [-0.2, 0) is 12.7 Å². The van der Waals surface area contributed by atoms with Crippen molar-refractivity contribution in [3.8, 4) is 0 Å². The topological polar surface area (TPSA) is 32.3 Å². The Morgan fingerprint density at radius 1 is 1.19 bits per heavy atom. The molecular formula is C18H19F5N4. The minimum Gasteiger partial charge on any atom is -0.340 e. The number of likely N-dealkylation sites (tertiary alicyclic amines) is 1. The van der Waals surface area contributed by atoms with Gasteiger partial charge in [0.2, 0.25) is 5.95 Å². The zero-order valence-electron chi connectivity index (χ0n) is 14.7. The molecule has 3 rings (SSSR count). The van der Waals surface area contributed by atoms with E-state index in [1.54, 1.807) is 11.9 Å². The van der Waals surface area contributed by atoms with Crippen molar-refractivity contribution >= 4 is 5.95 Å². The van der Waals surface area contributed by atoms with Crippen LogP contribution in [0.25, 0.3) is 0 Å². The summed E-state index contributed by atoms with van der Waals surface area (Å²) in [7, 11) is 1.66. The van der Waals surface area contributed by atoms with Crippen molar-refractivity contribution in [3.05, 3.63) is 53.4 Å². The minimum atomic E-state index is -4.53. The molecule has 27 heavy (non-hydrogen) atoms. The van der Waals surface area contributed by atoms with E-state index in [2.05, 4.69) is 9.97 Å². The Morgan fingerprint density at radius 2 is 1.89 bits per heavy atom. The maximum absolute atomic E-state index is 13.4. The lowest BCUT2D eigenvalue weighted by Crippen LogP contribution is -2.46. The summed E-state index contributed by atoms with van der Waals surface area (Å²) in [5.41, 5.74) is -0.464. The van der Waals surface area contributed by atoms with Crippen LogP contribution < -0.4 is 4.90 Å². The third kappa shape index (κ3) is 4.91. The fourth-order valence-electron chi connectivity index (χ4n) is 3.29. The third-order valence-electron chi connectivity index (χ3n) is 4.61. The maximum Gasteiger partial charge on any atom is 0.433 e. The van der Waals surface area contributed by atoms with Gasteiger partial charge in [0, 0.05) is 38.4 Å². The predicted octanol–water partition coefficient (Wildman–Crippen LogP) is 3.87. The molecule has 1 unspecified atom stereocenters. The molecule has 1 aromatic heterocycles. The average molecular weight is 386 g/mol. The Balaban J connectivity index is 1.70. The van der Waals surface area contributed by atoms with Gasteiger partial charge in [-0.05, 0) is 43.1 Å². The molecule has 0 amide bonds. The van der Waals surface area contributed by atoms with Gasteiger partial charge in [-0.3, -0.25) is 4.90 Å². The molecule has 0 spiro atoms. The Hall–Kier alpha value is -2.29. The van der Waals surface area contributed by atoms with Crippen LogP contribution in [0.2, 0.25) is 0 Å². The molecule has 1 saturated heterocycles. The van der Waals surface area contributed by atoms with Gasteiger partial charge in [0.25, 0.3) is 0 Å². The summed E-state index contributed by atoms with van der Waals surface area (Å²) in [6, 6.07) is 4.13. The molecule has 1 aromatic carbocycles. The number of alkyl halides is 3. The number of nitrogens with zero attached hydrogens (tertiary/aromatic N) is 4. The number of likely N-dealkylation sites (N-methyl/N-ethyl adjacent to an activating group) is 1. The van der Waals surface area contributed by atoms with E-state index >= 15 is 0 Å². The third-order valence-corrected chi connectivity index (χ3v) is 4.61. The largest absolute Gasteiger partial charge is 0.433 e. The van der Waals surface area contributed by atoms with E-state index in [0.29, 0.717) is 18.7 Å². The van der Waals surface area contributed by atoms with Crippen LogP contribution in [0.1, 0.15) is 24.1 Å². The Labute approximate surface area is 153 Å². The Bertz CT molecular complexity index is 775.